The number of nitrogens with one attached hydrogen (secondary N) is 1. The normalized spacial score (nSPS) is 19.1. The van der Waals surface area contributed by atoms with E-state index in [0.29, 0.717) is 22.2 Å². The summed E-state index contributed by atoms with van der Waals surface area (Å²) in [5.41, 5.74) is 4.63. The molecule has 1 atom stereocenters. The van der Waals surface area contributed by atoms with Gasteiger partial charge in [0.25, 0.3) is 0 Å². The second kappa shape index (κ2) is 7.76. The largest absolute Gasteiger partial charge is 0.460 e. The summed E-state index contributed by atoms with van der Waals surface area (Å²) in [5, 5.41) is 6.96. The van der Waals surface area contributed by atoms with Crippen LogP contribution in [0.5, 0.6) is 0 Å². The van der Waals surface area contributed by atoms with Crippen molar-refractivity contribution in [3.8, 4) is 11.3 Å². The van der Waals surface area contributed by atoms with Crippen molar-refractivity contribution < 1.29 is 9.21 Å². The molecule has 1 aromatic heterocycles. The van der Waals surface area contributed by atoms with E-state index in [1.165, 1.54) is 0 Å². The van der Waals surface area contributed by atoms with Crippen molar-refractivity contribution in [3.63, 3.8) is 0 Å². The zero-order chi connectivity index (χ0) is 23.6. The van der Waals surface area contributed by atoms with Gasteiger partial charge in [0.2, 0.25) is 0 Å². The van der Waals surface area contributed by atoms with Crippen LogP contribution >= 0.6 is 23.2 Å². The molecule has 0 spiro atoms. The van der Waals surface area contributed by atoms with E-state index in [1.807, 2.05) is 36.4 Å². The molecule has 170 valence electrons. The number of Topliss-reactive ketones (excluding diaryl/α,β-unsaturated/α-hetero) is 1. The first kappa shape index (κ1) is 21.5. The fourth-order valence-corrected chi connectivity index (χ4v) is 5.97. The van der Waals surface area contributed by atoms with E-state index < -0.39 is 0 Å². The van der Waals surface area contributed by atoms with Crippen molar-refractivity contribution in [2.45, 2.75) is 32.6 Å². The lowest BCUT2D eigenvalue weighted by Gasteiger charge is -2.39. The van der Waals surface area contributed by atoms with Gasteiger partial charge in [0.1, 0.15) is 11.5 Å². The molecule has 1 N–H and O–H groups in total. The second-order valence-electron chi connectivity index (χ2n) is 10.00. The Morgan fingerprint density at radius 1 is 0.941 bits per heavy atom. The van der Waals surface area contributed by atoms with Gasteiger partial charge in [0.05, 0.1) is 5.92 Å². The SMILES string of the molecule is CC1(C)CC(=O)C2=C(C1)Nc1ccc3ccccc3c1C2c1ccc(-c2cc(Cl)cc(Cl)c2)o1. The first-order chi connectivity index (χ1) is 16.3. The number of ketones is 1. The smallest absolute Gasteiger partial charge is 0.162 e. The van der Waals surface area contributed by atoms with Gasteiger partial charge in [-0.05, 0) is 64.6 Å². The van der Waals surface area contributed by atoms with Gasteiger partial charge in [0.15, 0.2) is 5.78 Å². The number of anilines is 1. The molecule has 2 aliphatic rings. The van der Waals surface area contributed by atoms with Crippen LogP contribution in [0.1, 0.15) is 43.9 Å². The number of hydrogen-bond donors (Lipinski definition) is 1. The summed E-state index contributed by atoms with van der Waals surface area (Å²) in [7, 11) is 0. The number of benzene rings is 3. The van der Waals surface area contributed by atoms with Gasteiger partial charge in [-0.15, -0.1) is 0 Å². The zero-order valence-corrected chi connectivity index (χ0v) is 20.4. The quantitative estimate of drug-likeness (QED) is 0.307. The van der Waals surface area contributed by atoms with E-state index in [-0.39, 0.29) is 17.1 Å². The van der Waals surface area contributed by atoms with Gasteiger partial charge in [-0.25, -0.2) is 0 Å². The van der Waals surface area contributed by atoms with Crippen molar-refractivity contribution in [3.05, 3.63) is 99.4 Å². The number of carbonyl (C=O) groups excluding carboxylic acids is 1. The standard InChI is InChI=1S/C29H23Cl2NO2/c1-29(2)14-22-27(23(33)15-29)28(26-20-6-4-3-5-16(20)7-8-21(26)32-22)25-10-9-24(34-25)17-11-18(30)13-19(31)12-17/h3-13,28,32H,14-15H2,1-2H3. The molecule has 1 aliphatic carbocycles. The summed E-state index contributed by atoms with van der Waals surface area (Å²) in [6.07, 6.45) is 1.33. The number of fused-ring (bicyclic) bond motifs is 3. The summed E-state index contributed by atoms with van der Waals surface area (Å²) in [5.74, 6) is 1.30. The molecule has 0 saturated carbocycles. The van der Waals surface area contributed by atoms with Crippen molar-refractivity contribution in [2.75, 3.05) is 5.32 Å². The van der Waals surface area contributed by atoms with Crippen LogP contribution in [0.15, 0.2) is 82.4 Å². The maximum Gasteiger partial charge on any atom is 0.162 e. The average molecular weight is 488 g/mol. The van der Waals surface area contributed by atoms with E-state index in [4.69, 9.17) is 27.6 Å². The van der Waals surface area contributed by atoms with Crippen LogP contribution in [0.2, 0.25) is 10.0 Å². The van der Waals surface area contributed by atoms with E-state index in [1.54, 1.807) is 6.07 Å². The Morgan fingerprint density at radius 3 is 2.50 bits per heavy atom. The van der Waals surface area contributed by atoms with E-state index in [0.717, 1.165) is 51.0 Å². The minimum absolute atomic E-state index is 0.0896. The summed E-state index contributed by atoms with van der Waals surface area (Å²) in [6, 6.07) is 21.8. The van der Waals surface area contributed by atoms with E-state index >= 15 is 0 Å². The lowest BCUT2D eigenvalue weighted by atomic mass is 9.69. The average Bonchev–Trinajstić information content (AvgIpc) is 3.26. The molecule has 0 radical (unpaired) electrons. The number of allylic oxidation sites excluding steroid dienone is 2. The molecule has 0 amide bonds. The lowest BCUT2D eigenvalue weighted by molar-refractivity contribution is -0.118. The Kier molecular flexibility index (Phi) is 4.91. The van der Waals surface area contributed by atoms with Crippen LogP contribution in [-0.4, -0.2) is 5.78 Å². The summed E-state index contributed by atoms with van der Waals surface area (Å²) < 4.78 is 6.44. The van der Waals surface area contributed by atoms with Crippen molar-refractivity contribution in [1.29, 1.82) is 0 Å². The Bertz CT molecular complexity index is 1490. The second-order valence-corrected chi connectivity index (χ2v) is 10.9. The fourth-order valence-electron chi connectivity index (χ4n) is 5.45. The predicted octanol–water partition coefficient (Wildman–Crippen LogP) is 8.61. The lowest BCUT2D eigenvalue weighted by Crippen LogP contribution is -2.33. The molecule has 1 aliphatic heterocycles. The predicted molar refractivity (Wildman–Crippen MR) is 139 cm³/mol. The molecule has 4 aromatic rings. The molecule has 0 fully saturated rings. The number of carbonyl (C=O) groups is 1. The fraction of sp³-hybridized carbons (Fsp3) is 0.207. The van der Waals surface area contributed by atoms with Crippen LogP contribution in [0, 0.1) is 5.41 Å². The summed E-state index contributed by atoms with van der Waals surface area (Å²) in [6.45, 7) is 4.30. The molecule has 2 heterocycles. The van der Waals surface area contributed by atoms with Crippen LogP contribution in [0.3, 0.4) is 0 Å². The van der Waals surface area contributed by atoms with Gasteiger partial charge in [-0.2, -0.15) is 0 Å². The maximum absolute atomic E-state index is 13.6. The molecule has 0 bridgehead atoms. The van der Waals surface area contributed by atoms with Crippen LogP contribution < -0.4 is 5.32 Å². The van der Waals surface area contributed by atoms with Crippen LogP contribution in [0.25, 0.3) is 22.1 Å². The van der Waals surface area contributed by atoms with Gasteiger partial charge in [-0.1, -0.05) is 67.4 Å². The van der Waals surface area contributed by atoms with Gasteiger partial charge >= 0.3 is 0 Å². The third-order valence-corrected chi connectivity index (χ3v) is 7.25. The van der Waals surface area contributed by atoms with Crippen molar-refractivity contribution in [2.24, 2.45) is 5.41 Å². The molecule has 34 heavy (non-hydrogen) atoms. The summed E-state index contributed by atoms with van der Waals surface area (Å²) >= 11 is 12.5. The monoisotopic (exact) mass is 487 g/mol. The number of hydrogen-bond acceptors (Lipinski definition) is 3. The summed E-state index contributed by atoms with van der Waals surface area (Å²) in [4.78, 5) is 13.6. The van der Waals surface area contributed by atoms with E-state index in [2.05, 4.69) is 43.4 Å². The molecule has 3 nitrogen and oxygen atoms in total. The highest BCUT2D eigenvalue weighted by Gasteiger charge is 2.42. The first-order valence-electron chi connectivity index (χ1n) is 11.4. The molecular formula is C29H23Cl2NO2. The zero-order valence-electron chi connectivity index (χ0n) is 18.9. The molecule has 1 unspecified atom stereocenters. The third kappa shape index (κ3) is 3.55. The number of rotatable bonds is 2. The topological polar surface area (TPSA) is 42.2 Å². The first-order valence-corrected chi connectivity index (χ1v) is 12.2. The highest BCUT2D eigenvalue weighted by Crippen LogP contribution is 2.51. The Balaban J connectivity index is 1.58. The van der Waals surface area contributed by atoms with Crippen molar-refractivity contribution >= 4 is 45.4 Å². The molecule has 3 aromatic carbocycles. The Morgan fingerprint density at radius 2 is 1.71 bits per heavy atom. The molecular weight excluding hydrogens is 465 g/mol. The Labute approximate surface area is 208 Å². The molecule has 0 saturated heterocycles. The van der Waals surface area contributed by atoms with Gasteiger partial charge in [0, 0.05) is 39.0 Å². The number of furan rings is 1. The molecule has 5 heteroatoms. The van der Waals surface area contributed by atoms with Crippen molar-refractivity contribution in [1.82, 2.24) is 0 Å². The van der Waals surface area contributed by atoms with Crippen LogP contribution in [-0.2, 0) is 4.79 Å². The number of halogens is 2. The van der Waals surface area contributed by atoms with Crippen LogP contribution in [0.4, 0.5) is 5.69 Å². The highest BCUT2D eigenvalue weighted by atomic mass is 35.5. The third-order valence-electron chi connectivity index (χ3n) is 6.81. The van der Waals surface area contributed by atoms with Gasteiger partial charge < -0.3 is 9.73 Å². The minimum Gasteiger partial charge on any atom is -0.460 e. The Hall–Kier alpha value is -3.01. The minimum atomic E-state index is -0.288. The van der Waals surface area contributed by atoms with E-state index in [9.17, 15) is 4.79 Å². The molecule has 6 rings (SSSR count). The highest BCUT2D eigenvalue weighted by molar-refractivity contribution is 6.35. The van der Waals surface area contributed by atoms with Gasteiger partial charge in [-0.3, -0.25) is 4.79 Å². The maximum atomic E-state index is 13.6.